The minimum Gasteiger partial charge on any atom is -0.479 e. The van der Waals surface area contributed by atoms with E-state index in [4.69, 9.17) is 4.74 Å². The number of piperidine rings is 1. The van der Waals surface area contributed by atoms with Gasteiger partial charge in [-0.15, -0.1) is 0 Å². The van der Waals surface area contributed by atoms with Crippen LogP contribution < -0.4 is 15.4 Å². The van der Waals surface area contributed by atoms with Crippen LogP contribution in [0.15, 0.2) is 53.4 Å². The van der Waals surface area contributed by atoms with Crippen molar-refractivity contribution in [3.8, 4) is 5.75 Å². The van der Waals surface area contributed by atoms with Crippen LogP contribution in [0.4, 0.5) is 5.69 Å². The number of fused-ring (bicyclic) bond motifs is 1. The van der Waals surface area contributed by atoms with E-state index in [-0.39, 0.29) is 35.7 Å². The van der Waals surface area contributed by atoms with Crippen molar-refractivity contribution in [2.45, 2.75) is 37.2 Å². The number of anilines is 1. The van der Waals surface area contributed by atoms with Crippen LogP contribution >= 0.6 is 0 Å². The number of ether oxygens (including phenoxy) is 1. The Hall–Kier alpha value is -2.91. The maximum atomic E-state index is 13.1. The lowest BCUT2D eigenvalue weighted by Crippen LogP contribution is -2.43. The van der Waals surface area contributed by atoms with Crippen molar-refractivity contribution < 1.29 is 22.7 Å². The summed E-state index contributed by atoms with van der Waals surface area (Å²) in [6, 6.07) is 14.4. The van der Waals surface area contributed by atoms with E-state index in [1.807, 2.05) is 30.3 Å². The Kier molecular flexibility index (Phi) is 6.48. The van der Waals surface area contributed by atoms with Crippen molar-refractivity contribution in [2.24, 2.45) is 5.92 Å². The molecule has 0 bridgehead atoms. The summed E-state index contributed by atoms with van der Waals surface area (Å²) < 4.78 is 33.1. The highest BCUT2D eigenvalue weighted by Gasteiger charge is 2.33. The van der Waals surface area contributed by atoms with Crippen molar-refractivity contribution in [1.29, 1.82) is 0 Å². The Morgan fingerprint density at radius 2 is 1.88 bits per heavy atom. The molecule has 2 amide bonds. The first kappa shape index (κ1) is 22.3. The fraction of sp³-hybridized carbons (Fsp3) is 0.391. The molecule has 2 heterocycles. The second kappa shape index (κ2) is 9.30. The lowest BCUT2D eigenvalue weighted by atomic mass is 9.97. The Morgan fingerprint density at radius 3 is 2.59 bits per heavy atom. The lowest BCUT2D eigenvalue weighted by Gasteiger charge is -2.31. The largest absolute Gasteiger partial charge is 0.479 e. The van der Waals surface area contributed by atoms with Crippen LogP contribution in [0.3, 0.4) is 0 Å². The van der Waals surface area contributed by atoms with E-state index in [9.17, 15) is 18.0 Å². The molecule has 0 saturated carbocycles. The number of sulfonamides is 1. The first-order valence-corrected chi connectivity index (χ1v) is 12.2. The molecule has 32 heavy (non-hydrogen) atoms. The molecular weight excluding hydrogens is 430 g/mol. The first-order valence-electron chi connectivity index (χ1n) is 10.8. The number of carbonyl (C=O) groups excluding carboxylic acids is 2. The van der Waals surface area contributed by atoms with Crippen LogP contribution in [-0.2, 0) is 26.0 Å². The molecule has 0 unspecified atom stereocenters. The third-order valence-electron chi connectivity index (χ3n) is 5.90. The topological polar surface area (TPSA) is 105 Å². The highest BCUT2D eigenvalue weighted by Crippen LogP contribution is 2.33. The molecule has 1 fully saturated rings. The third-order valence-corrected chi connectivity index (χ3v) is 7.79. The second-order valence-corrected chi connectivity index (χ2v) is 10.1. The van der Waals surface area contributed by atoms with Gasteiger partial charge in [-0.3, -0.25) is 9.59 Å². The fourth-order valence-electron chi connectivity index (χ4n) is 3.97. The fourth-order valence-corrected chi connectivity index (χ4v) is 5.47. The smallest absolute Gasteiger partial charge is 0.265 e. The van der Waals surface area contributed by atoms with Gasteiger partial charge in [0.15, 0.2) is 6.10 Å². The predicted molar refractivity (Wildman–Crippen MR) is 120 cm³/mol. The average molecular weight is 458 g/mol. The second-order valence-electron chi connectivity index (χ2n) is 8.11. The number of hydrogen-bond acceptors (Lipinski definition) is 5. The standard InChI is InChI=1S/C23H27N3O5S/c1-16-22(27)25-20-15-19(7-8-21(20)31-16)32(29,30)26-13-10-18(11-14-26)23(28)24-12-9-17-5-3-2-4-6-17/h2-8,15-16,18H,9-14H2,1H3,(H,24,28)(H,25,27)/t16-/m1/s1. The van der Waals surface area contributed by atoms with Crippen LogP contribution in [0.1, 0.15) is 25.3 Å². The van der Waals surface area contributed by atoms with Gasteiger partial charge in [-0.2, -0.15) is 4.31 Å². The van der Waals surface area contributed by atoms with Crippen molar-refractivity contribution in [2.75, 3.05) is 25.0 Å². The molecular formula is C23H27N3O5S. The van der Waals surface area contributed by atoms with Crippen molar-refractivity contribution in [1.82, 2.24) is 9.62 Å². The quantitative estimate of drug-likeness (QED) is 0.692. The molecule has 4 rings (SSSR count). The number of nitrogens with zero attached hydrogens (tertiary/aromatic N) is 1. The molecule has 1 atom stereocenters. The third kappa shape index (κ3) is 4.78. The van der Waals surface area contributed by atoms with Crippen molar-refractivity contribution in [3.05, 3.63) is 54.1 Å². The van der Waals surface area contributed by atoms with Gasteiger partial charge >= 0.3 is 0 Å². The number of carbonyl (C=O) groups is 2. The van der Waals surface area contributed by atoms with E-state index in [2.05, 4.69) is 10.6 Å². The summed E-state index contributed by atoms with van der Waals surface area (Å²) in [5.74, 6) is -0.0938. The summed E-state index contributed by atoms with van der Waals surface area (Å²) in [6.07, 6.45) is 1.08. The zero-order chi connectivity index (χ0) is 22.7. The molecule has 8 nitrogen and oxygen atoms in total. The monoisotopic (exact) mass is 457 g/mol. The number of rotatable bonds is 6. The number of hydrogen-bond donors (Lipinski definition) is 2. The summed E-state index contributed by atoms with van der Waals surface area (Å²) in [7, 11) is -3.73. The van der Waals surface area contributed by atoms with Gasteiger partial charge in [-0.05, 0) is 49.9 Å². The molecule has 2 aromatic rings. The minimum absolute atomic E-state index is 0.0271. The summed E-state index contributed by atoms with van der Waals surface area (Å²) in [5.41, 5.74) is 1.51. The average Bonchev–Trinajstić information content (AvgIpc) is 2.80. The van der Waals surface area contributed by atoms with Gasteiger partial charge in [-0.1, -0.05) is 30.3 Å². The van der Waals surface area contributed by atoms with E-state index in [0.29, 0.717) is 30.8 Å². The van der Waals surface area contributed by atoms with Gasteiger partial charge in [0.1, 0.15) is 5.75 Å². The minimum atomic E-state index is -3.73. The van der Waals surface area contributed by atoms with Crippen molar-refractivity contribution >= 4 is 27.5 Å². The molecule has 2 aliphatic heterocycles. The van der Waals surface area contributed by atoms with Gasteiger partial charge in [0.25, 0.3) is 5.91 Å². The molecule has 0 aromatic heterocycles. The molecule has 170 valence electrons. The SMILES string of the molecule is C[C@H]1Oc2ccc(S(=O)(=O)N3CCC(C(=O)NCCc4ccccc4)CC3)cc2NC1=O. The number of amides is 2. The summed E-state index contributed by atoms with van der Waals surface area (Å²) in [6.45, 7) is 2.74. The van der Waals surface area contributed by atoms with Gasteiger partial charge in [0.2, 0.25) is 15.9 Å². The van der Waals surface area contributed by atoms with Gasteiger partial charge in [0.05, 0.1) is 10.6 Å². The summed E-state index contributed by atoms with van der Waals surface area (Å²) in [5, 5.41) is 5.65. The van der Waals surface area contributed by atoms with Crippen LogP contribution in [0.25, 0.3) is 0 Å². The Bertz CT molecular complexity index is 1100. The van der Waals surface area contributed by atoms with Gasteiger partial charge < -0.3 is 15.4 Å². The Morgan fingerprint density at radius 1 is 1.16 bits per heavy atom. The predicted octanol–water partition coefficient (Wildman–Crippen LogP) is 2.17. The molecule has 0 radical (unpaired) electrons. The van der Waals surface area contributed by atoms with E-state index in [1.54, 1.807) is 13.0 Å². The first-order chi connectivity index (χ1) is 15.3. The van der Waals surface area contributed by atoms with E-state index >= 15 is 0 Å². The summed E-state index contributed by atoms with van der Waals surface area (Å²) in [4.78, 5) is 24.4. The normalized spacial score (nSPS) is 19.5. The molecule has 0 aliphatic carbocycles. The van der Waals surface area contributed by atoms with Crippen LogP contribution in [0.5, 0.6) is 5.75 Å². The Labute approximate surface area is 188 Å². The summed E-state index contributed by atoms with van der Waals surface area (Å²) >= 11 is 0. The maximum Gasteiger partial charge on any atom is 0.265 e. The number of benzene rings is 2. The molecule has 2 N–H and O–H groups in total. The molecule has 9 heteroatoms. The van der Waals surface area contributed by atoms with Crippen molar-refractivity contribution in [3.63, 3.8) is 0 Å². The molecule has 2 aliphatic rings. The number of nitrogens with one attached hydrogen (secondary N) is 2. The lowest BCUT2D eigenvalue weighted by molar-refractivity contribution is -0.126. The maximum absolute atomic E-state index is 13.1. The molecule has 0 spiro atoms. The van der Waals surface area contributed by atoms with Crippen LogP contribution in [-0.4, -0.2) is 50.3 Å². The van der Waals surface area contributed by atoms with E-state index < -0.39 is 16.1 Å². The van der Waals surface area contributed by atoms with Gasteiger partial charge in [-0.25, -0.2) is 8.42 Å². The highest BCUT2D eigenvalue weighted by atomic mass is 32.2. The molecule has 1 saturated heterocycles. The Balaban J connectivity index is 1.33. The highest BCUT2D eigenvalue weighted by molar-refractivity contribution is 7.89. The zero-order valence-corrected chi connectivity index (χ0v) is 18.7. The van der Waals surface area contributed by atoms with E-state index in [0.717, 1.165) is 12.0 Å². The molecule has 2 aromatic carbocycles. The van der Waals surface area contributed by atoms with E-state index in [1.165, 1.54) is 16.4 Å². The van der Waals surface area contributed by atoms with Crippen LogP contribution in [0, 0.1) is 5.92 Å². The van der Waals surface area contributed by atoms with Crippen LogP contribution in [0.2, 0.25) is 0 Å². The zero-order valence-electron chi connectivity index (χ0n) is 17.9. The van der Waals surface area contributed by atoms with Gasteiger partial charge in [0, 0.05) is 25.6 Å².